The monoisotopic (exact) mass is 287 g/mol. The highest BCUT2D eigenvalue weighted by Gasteiger charge is 2.30. The molecule has 1 aromatic carbocycles. The number of nitrogens with one attached hydrogen (secondary N) is 1. The Labute approximate surface area is 127 Å². The highest BCUT2D eigenvalue weighted by atomic mass is 16.2. The molecular weight excluding hydrogens is 262 g/mol. The van der Waals surface area contributed by atoms with Crippen LogP contribution in [0.2, 0.25) is 0 Å². The molecule has 1 amide bonds. The first-order chi connectivity index (χ1) is 10.1. The molecule has 0 aliphatic carbocycles. The summed E-state index contributed by atoms with van der Waals surface area (Å²) in [6, 6.07) is 8.40. The molecule has 1 unspecified atom stereocenters. The molecule has 0 bridgehead atoms. The summed E-state index contributed by atoms with van der Waals surface area (Å²) in [5.41, 5.74) is 5.76. The van der Waals surface area contributed by atoms with E-state index in [1.807, 2.05) is 5.01 Å². The van der Waals surface area contributed by atoms with Gasteiger partial charge in [-0.05, 0) is 30.0 Å². The van der Waals surface area contributed by atoms with Gasteiger partial charge in [-0.15, -0.1) is 0 Å². The van der Waals surface area contributed by atoms with Crippen molar-refractivity contribution in [2.45, 2.75) is 33.4 Å². The van der Waals surface area contributed by atoms with Gasteiger partial charge in [-0.1, -0.05) is 38.1 Å². The van der Waals surface area contributed by atoms with E-state index in [0.717, 1.165) is 39.1 Å². The van der Waals surface area contributed by atoms with Gasteiger partial charge >= 0.3 is 0 Å². The fraction of sp³-hybridized carbons (Fsp3) is 0.588. The number of hydrazine groups is 1. The number of hydrogen-bond donors (Lipinski definition) is 1. The molecule has 0 aromatic heterocycles. The van der Waals surface area contributed by atoms with Gasteiger partial charge in [-0.25, -0.2) is 5.01 Å². The average Bonchev–Trinajstić information content (AvgIpc) is 3.03. The molecule has 21 heavy (non-hydrogen) atoms. The van der Waals surface area contributed by atoms with Crippen LogP contribution in [0.1, 0.15) is 31.4 Å². The lowest BCUT2D eigenvalue weighted by Gasteiger charge is -2.20. The zero-order chi connectivity index (χ0) is 14.8. The maximum Gasteiger partial charge on any atom is 0.238 e. The van der Waals surface area contributed by atoms with Crippen LogP contribution in [-0.2, 0) is 17.9 Å². The Balaban J connectivity index is 1.50. The minimum absolute atomic E-state index is 0.146. The fourth-order valence-electron chi connectivity index (χ4n) is 3.39. The number of benzene rings is 1. The van der Waals surface area contributed by atoms with Gasteiger partial charge in [0, 0.05) is 26.2 Å². The molecule has 0 saturated carbocycles. The minimum Gasteiger partial charge on any atom is -0.302 e. The van der Waals surface area contributed by atoms with Gasteiger partial charge in [-0.2, -0.15) is 0 Å². The number of nitrogens with zero attached hydrogens (tertiary/aromatic N) is 2. The second kappa shape index (κ2) is 6.16. The van der Waals surface area contributed by atoms with Crippen molar-refractivity contribution in [3.63, 3.8) is 0 Å². The molecule has 1 aromatic rings. The van der Waals surface area contributed by atoms with E-state index in [1.54, 1.807) is 0 Å². The first-order valence-corrected chi connectivity index (χ1v) is 7.96. The van der Waals surface area contributed by atoms with Crippen LogP contribution >= 0.6 is 0 Å². The quantitative estimate of drug-likeness (QED) is 0.920. The molecule has 1 fully saturated rings. The van der Waals surface area contributed by atoms with Gasteiger partial charge in [0.15, 0.2) is 0 Å². The van der Waals surface area contributed by atoms with Crippen molar-refractivity contribution in [3.8, 4) is 0 Å². The zero-order valence-corrected chi connectivity index (χ0v) is 13.0. The Bertz CT molecular complexity index is 490. The summed E-state index contributed by atoms with van der Waals surface area (Å²) in [5.74, 6) is 1.00. The van der Waals surface area contributed by atoms with Crippen molar-refractivity contribution in [2.75, 3.05) is 19.6 Å². The Kier molecular flexibility index (Phi) is 4.27. The molecule has 2 aliphatic rings. The summed E-state index contributed by atoms with van der Waals surface area (Å²) in [6.07, 6.45) is 0.985. The number of fused-ring (bicyclic) bond motifs is 1. The number of likely N-dealkylation sites (tertiary alicyclic amines) is 1. The largest absolute Gasteiger partial charge is 0.302 e. The third-order valence-electron chi connectivity index (χ3n) is 4.38. The summed E-state index contributed by atoms with van der Waals surface area (Å²) >= 11 is 0. The van der Waals surface area contributed by atoms with Crippen LogP contribution in [0.25, 0.3) is 0 Å². The predicted molar refractivity (Wildman–Crippen MR) is 83.2 cm³/mol. The van der Waals surface area contributed by atoms with Gasteiger partial charge in [-0.3, -0.25) is 10.2 Å². The number of hydrogen-bond acceptors (Lipinski definition) is 3. The Morgan fingerprint density at radius 2 is 1.95 bits per heavy atom. The van der Waals surface area contributed by atoms with E-state index in [9.17, 15) is 4.79 Å². The van der Waals surface area contributed by atoms with Gasteiger partial charge in [0.1, 0.15) is 0 Å². The van der Waals surface area contributed by atoms with Crippen molar-refractivity contribution in [2.24, 2.45) is 11.8 Å². The fourth-order valence-corrected chi connectivity index (χ4v) is 3.39. The van der Waals surface area contributed by atoms with Crippen LogP contribution in [-0.4, -0.2) is 35.5 Å². The van der Waals surface area contributed by atoms with Gasteiger partial charge < -0.3 is 4.90 Å². The number of carbonyl (C=O) groups excluding carboxylic acids is 1. The second-order valence-corrected chi connectivity index (χ2v) is 6.74. The van der Waals surface area contributed by atoms with E-state index >= 15 is 0 Å². The van der Waals surface area contributed by atoms with Crippen molar-refractivity contribution < 1.29 is 4.79 Å². The molecule has 3 rings (SSSR count). The molecular formula is C17H25N3O. The predicted octanol–water partition coefficient (Wildman–Crippen LogP) is 2.01. The Morgan fingerprint density at radius 1 is 1.29 bits per heavy atom. The highest BCUT2D eigenvalue weighted by molar-refractivity contribution is 5.78. The highest BCUT2D eigenvalue weighted by Crippen LogP contribution is 2.22. The topological polar surface area (TPSA) is 35.6 Å². The maximum absolute atomic E-state index is 12.4. The number of rotatable bonds is 4. The second-order valence-electron chi connectivity index (χ2n) is 6.74. The molecule has 1 saturated heterocycles. The third-order valence-corrected chi connectivity index (χ3v) is 4.38. The van der Waals surface area contributed by atoms with E-state index in [0.29, 0.717) is 5.92 Å². The molecule has 2 heterocycles. The lowest BCUT2D eigenvalue weighted by molar-refractivity contribution is -0.129. The molecule has 4 heteroatoms. The van der Waals surface area contributed by atoms with Crippen LogP contribution in [0.15, 0.2) is 24.3 Å². The smallest absolute Gasteiger partial charge is 0.238 e. The average molecular weight is 287 g/mol. The van der Waals surface area contributed by atoms with Crippen LogP contribution < -0.4 is 5.43 Å². The summed E-state index contributed by atoms with van der Waals surface area (Å²) in [4.78, 5) is 14.8. The molecule has 2 aliphatic heterocycles. The summed E-state index contributed by atoms with van der Waals surface area (Å²) in [5, 5.41) is 2.04. The SMILES string of the molecule is CC(C)CN1CCC(C(=O)NN2Cc3ccccc3C2)C1. The van der Waals surface area contributed by atoms with Gasteiger partial charge in [0.05, 0.1) is 5.92 Å². The molecule has 114 valence electrons. The van der Waals surface area contributed by atoms with Gasteiger partial charge in [0.2, 0.25) is 5.91 Å². The van der Waals surface area contributed by atoms with E-state index in [2.05, 4.69) is 48.4 Å². The van der Waals surface area contributed by atoms with E-state index in [1.165, 1.54) is 11.1 Å². The standard InChI is InChI=1S/C17H25N3O/c1-13(2)9-19-8-7-16(10-19)17(21)18-20-11-14-5-3-4-6-15(14)12-20/h3-6,13,16H,7-12H2,1-2H3,(H,18,21). The van der Waals surface area contributed by atoms with Crippen LogP contribution in [0.5, 0.6) is 0 Å². The molecule has 0 radical (unpaired) electrons. The van der Waals surface area contributed by atoms with E-state index in [-0.39, 0.29) is 11.8 Å². The Morgan fingerprint density at radius 3 is 2.57 bits per heavy atom. The molecule has 0 spiro atoms. The third kappa shape index (κ3) is 3.44. The maximum atomic E-state index is 12.4. The summed E-state index contributed by atoms with van der Waals surface area (Å²) in [6.45, 7) is 9.17. The van der Waals surface area contributed by atoms with Crippen LogP contribution in [0.4, 0.5) is 0 Å². The van der Waals surface area contributed by atoms with E-state index < -0.39 is 0 Å². The first-order valence-electron chi connectivity index (χ1n) is 7.96. The summed E-state index contributed by atoms with van der Waals surface area (Å²) in [7, 11) is 0. The number of carbonyl (C=O) groups is 1. The van der Waals surface area contributed by atoms with Crippen LogP contribution in [0.3, 0.4) is 0 Å². The summed E-state index contributed by atoms with van der Waals surface area (Å²) < 4.78 is 0. The molecule has 1 N–H and O–H groups in total. The van der Waals surface area contributed by atoms with Crippen molar-refractivity contribution in [1.82, 2.24) is 15.3 Å². The Hall–Kier alpha value is -1.39. The molecule has 4 nitrogen and oxygen atoms in total. The normalized spacial score (nSPS) is 22.7. The zero-order valence-electron chi connectivity index (χ0n) is 13.0. The lowest BCUT2D eigenvalue weighted by Crippen LogP contribution is -2.42. The van der Waals surface area contributed by atoms with Crippen molar-refractivity contribution in [1.29, 1.82) is 0 Å². The van der Waals surface area contributed by atoms with E-state index in [4.69, 9.17) is 0 Å². The first kappa shape index (κ1) is 14.5. The molecule has 1 atom stereocenters. The van der Waals surface area contributed by atoms with Crippen LogP contribution in [0, 0.1) is 11.8 Å². The lowest BCUT2D eigenvalue weighted by atomic mass is 10.1. The van der Waals surface area contributed by atoms with Gasteiger partial charge in [0.25, 0.3) is 0 Å². The minimum atomic E-state index is 0.146. The van der Waals surface area contributed by atoms with Crippen molar-refractivity contribution in [3.05, 3.63) is 35.4 Å². The van der Waals surface area contributed by atoms with Crippen molar-refractivity contribution >= 4 is 5.91 Å². The number of amides is 1.